The molecule has 0 saturated heterocycles. The fourth-order valence-electron chi connectivity index (χ4n) is 0.773. The number of hydrogen-bond donors (Lipinski definition) is 2. The summed E-state index contributed by atoms with van der Waals surface area (Å²) in [4.78, 5) is 10.2. The van der Waals surface area contributed by atoms with E-state index in [2.05, 4.69) is 22.6 Å². The Kier molecular flexibility index (Phi) is 3.35. The highest BCUT2D eigenvalue weighted by molar-refractivity contribution is 14.1. The molecule has 0 aliphatic heterocycles. The molecule has 0 atom stereocenters. The molecule has 1 aromatic rings. The zero-order valence-electron chi connectivity index (χ0n) is 6.66. The first-order valence-corrected chi connectivity index (χ1v) is 4.57. The van der Waals surface area contributed by atoms with E-state index in [1.807, 2.05) is 6.07 Å². The van der Waals surface area contributed by atoms with Crippen LogP contribution in [0.15, 0.2) is 18.2 Å². The van der Waals surface area contributed by atoms with Crippen molar-refractivity contribution in [2.45, 2.75) is 0 Å². The van der Waals surface area contributed by atoms with E-state index in [1.165, 1.54) is 0 Å². The van der Waals surface area contributed by atoms with Gasteiger partial charge in [0, 0.05) is 3.57 Å². The monoisotopic (exact) mass is 293 g/mol. The number of benzene rings is 1. The van der Waals surface area contributed by atoms with Gasteiger partial charge in [-0.25, -0.2) is 4.79 Å². The molecular formula is C8H8INO3. The summed E-state index contributed by atoms with van der Waals surface area (Å²) < 4.78 is 5.90. The summed E-state index contributed by atoms with van der Waals surface area (Å²) >= 11 is 2.10. The van der Waals surface area contributed by atoms with E-state index < -0.39 is 5.97 Å². The smallest absolute Gasteiger partial charge is 0.341 e. The third-order valence-corrected chi connectivity index (χ3v) is 2.00. The van der Waals surface area contributed by atoms with Crippen molar-refractivity contribution in [1.82, 2.24) is 0 Å². The number of aliphatic carboxylic acids is 1. The molecule has 0 bridgehead atoms. The van der Waals surface area contributed by atoms with Crippen LogP contribution < -0.4 is 10.5 Å². The van der Waals surface area contributed by atoms with Crippen LogP contribution in [0, 0.1) is 3.57 Å². The highest BCUT2D eigenvalue weighted by Gasteiger charge is 2.03. The molecule has 0 fully saturated rings. The first-order chi connectivity index (χ1) is 6.09. The summed E-state index contributed by atoms with van der Waals surface area (Å²) in [6.45, 7) is -0.371. The molecule has 3 N–H and O–H groups in total. The van der Waals surface area contributed by atoms with Crippen molar-refractivity contribution >= 4 is 34.2 Å². The summed E-state index contributed by atoms with van der Waals surface area (Å²) in [7, 11) is 0. The molecule has 1 rings (SSSR count). The zero-order valence-corrected chi connectivity index (χ0v) is 8.82. The van der Waals surface area contributed by atoms with Crippen LogP contribution >= 0.6 is 22.6 Å². The molecular weight excluding hydrogens is 285 g/mol. The van der Waals surface area contributed by atoms with Crippen LogP contribution in [0.3, 0.4) is 0 Å². The standard InChI is InChI=1S/C8H8INO3/c9-5-1-2-6(10)7(3-5)13-4-8(11)12/h1-3H,4,10H2,(H,11,12). The van der Waals surface area contributed by atoms with Gasteiger partial charge >= 0.3 is 5.97 Å². The maximum atomic E-state index is 10.2. The maximum Gasteiger partial charge on any atom is 0.341 e. The minimum absolute atomic E-state index is 0.371. The predicted octanol–water partition coefficient (Wildman–Crippen LogP) is 1.34. The summed E-state index contributed by atoms with van der Waals surface area (Å²) in [5.74, 6) is -0.604. The Morgan fingerprint density at radius 3 is 2.92 bits per heavy atom. The molecule has 0 unspecified atom stereocenters. The molecule has 0 radical (unpaired) electrons. The second-order valence-electron chi connectivity index (χ2n) is 2.36. The minimum Gasteiger partial charge on any atom is -0.480 e. The number of nitrogens with two attached hydrogens (primary N) is 1. The summed E-state index contributed by atoms with van der Waals surface area (Å²) in [6.07, 6.45) is 0. The van der Waals surface area contributed by atoms with E-state index in [4.69, 9.17) is 15.6 Å². The number of carbonyl (C=O) groups is 1. The summed E-state index contributed by atoms with van der Waals surface area (Å²) in [5.41, 5.74) is 6.00. The number of carboxylic acid groups (broad SMARTS) is 1. The second-order valence-corrected chi connectivity index (χ2v) is 3.61. The molecule has 0 amide bonds. The van der Waals surface area contributed by atoms with Gasteiger partial charge in [-0.15, -0.1) is 0 Å². The third-order valence-electron chi connectivity index (χ3n) is 1.33. The van der Waals surface area contributed by atoms with E-state index in [-0.39, 0.29) is 6.61 Å². The van der Waals surface area contributed by atoms with Crippen molar-refractivity contribution < 1.29 is 14.6 Å². The fraction of sp³-hybridized carbons (Fsp3) is 0.125. The van der Waals surface area contributed by atoms with Gasteiger partial charge in [-0.1, -0.05) is 0 Å². The molecule has 0 aliphatic carbocycles. The van der Waals surface area contributed by atoms with E-state index in [0.29, 0.717) is 11.4 Å². The summed E-state index contributed by atoms with van der Waals surface area (Å²) in [6, 6.07) is 5.20. The minimum atomic E-state index is -1.02. The largest absolute Gasteiger partial charge is 0.480 e. The van der Waals surface area contributed by atoms with Gasteiger partial charge in [-0.05, 0) is 40.8 Å². The Labute approximate surface area is 88.8 Å². The van der Waals surface area contributed by atoms with Crippen LogP contribution in [0.25, 0.3) is 0 Å². The van der Waals surface area contributed by atoms with Gasteiger partial charge in [0.15, 0.2) is 6.61 Å². The number of anilines is 1. The number of carboxylic acids is 1. The molecule has 70 valence electrons. The topological polar surface area (TPSA) is 72.5 Å². The SMILES string of the molecule is Nc1ccc(I)cc1OCC(=O)O. The quantitative estimate of drug-likeness (QED) is 0.651. The van der Waals surface area contributed by atoms with Gasteiger partial charge in [0.1, 0.15) is 5.75 Å². The van der Waals surface area contributed by atoms with E-state index in [9.17, 15) is 4.79 Å². The van der Waals surface area contributed by atoms with Crippen LogP contribution in [0.5, 0.6) is 5.75 Å². The number of rotatable bonds is 3. The van der Waals surface area contributed by atoms with Crippen molar-refractivity contribution in [3.8, 4) is 5.75 Å². The Morgan fingerprint density at radius 1 is 1.62 bits per heavy atom. The normalized spacial score (nSPS) is 9.62. The van der Waals surface area contributed by atoms with Crippen LogP contribution in [0.2, 0.25) is 0 Å². The molecule has 0 saturated carbocycles. The van der Waals surface area contributed by atoms with Gasteiger partial charge in [0.05, 0.1) is 5.69 Å². The Bertz CT molecular complexity index is 327. The maximum absolute atomic E-state index is 10.2. The van der Waals surface area contributed by atoms with E-state index in [0.717, 1.165) is 3.57 Å². The van der Waals surface area contributed by atoms with Crippen LogP contribution in [-0.4, -0.2) is 17.7 Å². The first-order valence-electron chi connectivity index (χ1n) is 3.49. The molecule has 13 heavy (non-hydrogen) atoms. The Hall–Kier alpha value is -0.980. The van der Waals surface area contributed by atoms with Gasteiger partial charge in [-0.2, -0.15) is 0 Å². The van der Waals surface area contributed by atoms with Crippen molar-refractivity contribution in [1.29, 1.82) is 0 Å². The van der Waals surface area contributed by atoms with E-state index in [1.54, 1.807) is 12.1 Å². The highest BCUT2D eigenvalue weighted by atomic mass is 127. The number of hydrogen-bond acceptors (Lipinski definition) is 3. The van der Waals surface area contributed by atoms with Crippen molar-refractivity contribution in [2.24, 2.45) is 0 Å². The van der Waals surface area contributed by atoms with Gasteiger partial charge in [-0.3, -0.25) is 0 Å². The number of ether oxygens (including phenoxy) is 1. The highest BCUT2D eigenvalue weighted by Crippen LogP contribution is 2.23. The molecule has 0 aliphatic rings. The van der Waals surface area contributed by atoms with Crippen LogP contribution in [0.1, 0.15) is 0 Å². The summed E-state index contributed by atoms with van der Waals surface area (Å²) in [5, 5.41) is 8.37. The average molecular weight is 293 g/mol. The lowest BCUT2D eigenvalue weighted by Gasteiger charge is -2.06. The number of halogens is 1. The van der Waals surface area contributed by atoms with Crippen molar-refractivity contribution in [3.63, 3.8) is 0 Å². The lowest BCUT2D eigenvalue weighted by molar-refractivity contribution is -0.139. The molecule has 5 heteroatoms. The number of nitrogen functional groups attached to an aromatic ring is 1. The second kappa shape index (κ2) is 4.31. The van der Waals surface area contributed by atoms with Gasteiger partial charge in [0.25, 0.3) is 0 Å². The van der Waals surface area contributed by atoms with Crippen LogP contribution in [0.4, 0.5) is 5.69 Å². The predicted molar refractivity (Wildman–Crippen MR) is 56.7 cm³/mol. The molecule has 0 heterocycles. The average Bonchev–Trinajstić information content (AvgIpc) is 2.06. The zero-order chi connectivity index (χ0) is 9.84. The Morgan fingerprint density at radius 2 is 2.31 bits per heavy atom. The molecule has 4 nitrogen and oxygen atoms in total. The van der Waals surface area contributed by atoms with E-state index >= 15 is 0 Å². The molecule has 0 aromatic heterocycles. The fourth-order valence-corrected chi connectivity index (χ4v) is 1.24. The Balaban J connectivity index is 2.75. The molecule has 0 spiro atoms. The van der Waals surface area contributed by atoms with Crippen molar-refractivity contribution in [3.05, 3.63) is 21.8 Å². The van der Waals surface area contributed by atoms with Gasteiger partial charge < -0.3 is 15.6 Å². The third kappa shape index (κ3) is 3.10. The lowest BCUT2D eigenvalue weighted by Crippen LogP contribution is -2.10. The molecule has 1 aromatic carbocycles. The van der Waals surface area contributed by atoms with Crippen LogP contribution in [-0.2, 0) is 4.79 Å². The van der Waals surface area contributed by atoms with Gasteiger partial charge in [0.2, 0.25) is 0 Å². The van der Waals surface area contributed by atoms with Crippen molar-refractivity contribution in [2.75, 3.05) is 12.3 Å². The first kappa shape index (κ1) is 10.1. The lowest BCUT2D eigenvalue weighted by atomic mass is 10.3.